The first-order valence-electron chi connectivity index (χ1n) is 4.77. The highest BCUT2D eigenvalue weighted by Crippen LogP contribution is 2.36. The number of aromatic nitrogens is 1. The minimum Gasteiger partial charge on any atom is -0.294 e. The van der Waals surface area contributed by atoms with E-state index in [1.54, 1.807) is 0 Å². The molecule has 80 valence electrons. The van der Waals surface area contributed by atoms with E-state index < -0.39 is 0 Å². The largest absolute Gasteiger partial charge is 0.294 e. The first-order valence-corrected chi connectivity index (χ1v) is 6.36. The molecule has 1 aromatic rings. The summed E-state index contributed by atoms with van der Waals surface area (Å²) in [5, 5.41) is 0. The summed E-state index contributed by atoms with van der Waals surface area (Å²) in [5.41, 5.74) is 1.71. The van der Waals surface area contributed by atoms with Crippen LogP contribution in [0.25, 0.3) is 0 Å². The van der Waals surface area contributed by atoms with Crippen LogP contribution in [0.4, 0.5) is 0 Å². The van der Waals surface area contributed by atoms with Crippen LogP contribution in [0.1, 0.15) is 36.3 Å². The lowest BCUT2D eigenvalue weighted by Gasteiger charge is -2.29. The second-order valence-corrected chi connectivity index (χ2v) is 6.30. The maximum absolute atomic E-state index is 11.9. The van der Waals surface area contributed by atoms with Gasteiger partial charge in [0.2, 0.25) is 0 Å². The van der Waals surface area contributed by atoms with Gasteiger partial charge in [-0.05, 0) is 49.8 Å². The quantitative estimate of drug-likeness (QED) is 0.677. The van der Waals surface area contributed by atoms with Crippen molar-refractivity contribution in [2.75, 3.05) is 0 Å². The fourth-order valence-corrected chi connectivity index (χ4v) is 2.57. The predicted molar refractivity (Wildman–Crippen MR) is 66.1 cm³/mol. The molecule has 0 spiro atoms. The molecule has 0 saturated heterocycles. The van der Waals surface area contributed by atoms with Crippen molar-refractivity contribution in [2.24, 2.45) is 5.41 Å². The van der Waals surface area contributed by atoms with Gasteiger partial charge in [-0.15, -0.1) is 0 Å². The van der Waals surface area contributed by atoms with E-state index in [0.717, 1.165) is 26.8 Å². The Balaban J connectivity index is 2.56. The molecule has 0 saturated carbocycles. The molecule has 0 atom stereocenters. The van der Waals surface area contributed by atoms with Crippen molar-refractivity contribution < 1.29 is 4.79 Å². The summed E-state index contributed by atoms with van der Waals surface area (Å²) < 4.78 is 1.61. The first kappa shape index (κ1) is 11.3. The van der Waals surface area contributed by atoms with Crippen LogP contribution in [0.3, 0.4) is 0 Å². The molecule has 0 fully saturated rings. The van der Waals surface area contributed by atoms with Crippen molar-refractivity contribution >= 4 is 37.6 Å². The van der Waals surface area contributed by atoms with Gasteiger partial charge in [0.1, 0.15) is 4.60 Å². The van der Waals surface area contributed by atoms with Crippen LogP contribution in [0.5, 0.6) is 0 Å². The molecule has 4 heteroatoms. The Labute approximate surface area is 106 Å². The van der Waals surface area contributed by atoms with Crippen LogP contribution in [-0.2, 0) is 6.42 Å². The van der Waals surface area contributed by atoms with Gasteiger partial charge in [0.05, 0.1) is 10.2 Å². The summed E-state index contributed by atoms with van der Waals surface area (Å²) in [7, 11) is 0. The normalized spacial score (nSPS) is 18.8. The molecule has 0 bridgehead atoms. The topological polar surface area (TPSA) is 30.0 Å². The van der Waals surface area contributed by atoms with Crippen molar-refractivity contribution in [3.63, 3.8) is 0 Å². The highest BCUT2D eigenvalue weighted by Gasteiger charge is 2.32. The van der Waals surface area contributed by atoms with Crippen molar-refractivity contribution in [1.82, 2.24) is 4.98 Å². The summed E-state index contributed by atoms with van der Waals surface area (Å²) >= 11 is 6.73. The van der Waals surface area contributed by atoms with Gasteiger partial charge in [-0.3, -0.25) is 4.79 Å². The number of nitrogens with zero attached hydrogens (tertiary/aromatic N) is 1. The van der Waals surface area contributed by atoms with Crippen LogP contribution in [0.15, 0.2) is 15.1 Å². The summed E-state index contributed by atoms with van der Waals surface area (Å²) in [6, 6.07) is 1.87. The summed E-state index contributed by atoms with van der Waals surface area (Å²) in [6.07, 6.45) is 1.47. The fraction of sp³-hybridized carbons (Fsp3) is 0.455. The maximum atomic E-state index is 11.9. The maximum Gasteiger partial charge on any atom is 0.165 e. The van der Waals surface area contributed by atoms with E-state index in [4.69, 9.17) is 0 Å². The number of fused-ring (bicyclic) bond motifs is 1. The van der Waals surface area contributed by atoms with Crippen LogP contribution in [0, 0.1) is 5.41 Å². The number of pyridine rings is 1. The SMILES string of the molecule is CC1(C)CC(=O)c2cc(Br)c(Br)nc2C1. The average molecular weight is 333 g/mol. The zero-order valence-corrected chi connectivity index (χ0v) is 11.8. The molecule has 15 heavy (non-hydrogen) atoms. The molecule has 0 aromatic carbocycles. The number of rotatable bonds is 0. The van der Waals surface area contributed by atoms with Crippen LogP contribution < -0.4 is 0 Å². The second-order valence-electron chi connectivity index (χ2n) is 4.70. The van der Waals surface area contributed by atoms with Crippen molar-refractivity contribution in [2.45, 2.75) is 26.7 Å². The molecular weight excluding hydrogens is 322 g/mol. The standard InChI is InChI=1S/C11H11Br2NO/c1-11(2)4-8-6(9(15)5-11)3-7(12)10(13)14-8/h3H,4-5H2,1-2H3. The number of hydrogen-bond acceptors (Lipinski definition) is 2. The van der Waals surface area contributed by atoms with Gasteiger partial charge in [-0.25, -0.2) is 4.98 Å². The van der Waals surface area contributed by atoms with Gasteiger partial charge < -0.3 is 0 Å². The van der Waals surface area contributed by atoms with E-state index in [1.165, 1.54) is 0 Å². The molecule has 0 unspecified atom stereocenters. The third-order valence-electron chi connectivity index (χ3n) is 2.60. The summed E-state index contributed by atoms with van der Waals surface area (Å²) in [5.74, 6) is 0.196. The van der Waals surface area contributed by atoms with Gasteiger partial charge in [-0.1, -0.05) is 13.8 Å². The van der Waals surface area contributed by atoms with Crippen molar-refractivity contribution in [3.8, 4) is 0 Å². The van der Waals surface area contributed by atoms with Crippen LogP contribution >= 0.6 is 31.9 Å². The third-order valence-corrected chi connectivity index (χ3v) is 4.34. The lowest BCUT2D eigenvalue weighted by Crippen LogP contribution is -2.27. The Kier molecular flexibility index (Phi) is 2.75. The Morgan fingerprint density at radius 3 is 2.67 bits per heavy atom. The highest BCUT2D eigenvalue weighted by molar-refractivity contribution is 9.13. The lowest BCUT2D eigenvalue weighted by molar-refractivity contribution is 0.0910. The second kappa shape index (κ2) is 3.67. The van der Waals surface area contributed by atoms with Gasteiger partial charge in [0, 0.05) is 12.0 Å². The van der Waals surface area contributed by atoms with Gasteiger partial charge >= 0.3 is 0 Å². The number of halogens is 2. The Hall–Kier alpha value is -0.220. The molecule has 1 aliphatic rings. The monoisotopic (exact) mass is 331 g/mol. The number of Topliss-reactive ketones (excluding diaryl/α,β-unsaturated/α-hetero) is 1. The minimum absolute atomic E-state index is 0.0321. The molecule has 0 radical (unpaired) electrons. The van der Waals surface area contributed by atoms with E-state index in [9.17, 15) is 4.79 Å². The van der Waals surface area contributed by atoms with Crippen LogP contribution in [-0.4, -0.2) is 10.8 Å². The molecule has 1 heterocycles. The zero-order valence-electron chi connectivity index (χ0n) is 8.60. The van der Waals surface area contributed by atoms with E-state index in [0.29, 0.717) is 6.42 Å². The Morgan fingerprint density at radius 1 is 1.33 bits per heavy atom. The molecular formula is C11H11Br2NO. The number of carbonyl (C=O) groups excluding carboxylic acids is 1. The van der Waals surface area contributed by atoms with Gasteiger partial charge in [0.15, 0.2) is 5.78 Å². The zero-order chi connectivity index (χ0) is 11.2. The number of hydrogen-bond donors (Lipinski definition) is 0. The van der Waals surface area contributed by atoms with E-state index in [-0.39, 0.29) is 11.2 Å². The molecule has 0 N–H and O–H groups in total. The molecule has 2 rings (SSSR count). The molecule has 0 amide bonds. The van der Waals surface area contributed by atoms with Crippen LogP contribution in [0.2, 0.25) is 0 Å². The Bertz CT molecular complexity index is 440. The number of ketones is 1. The van der Waals surface area contributed by atoms with Gasteiger partial charge in [0.25, 0.3) is 0 Å². The fourth-order valence-electron chi connectivity index (χ4n) is 1.92. The number of carbonyl (C=O) groups is 1. The molecule has 1 aromatic heterocycles. The lowest BCUT2D eigenvalue weighted by atomic mass is 9.76. The first-order chi connectivity index (χ1) is 6.89. The van der Waals surface area contributed by atoms with Gasteiger partial charge in [-0.2, -0.15) is 0 Å². The molecule has 1 aliphatic carbocycles. The average Bonchev–Trinajstić information content (AvgIpc) is 2.07. The summed E-state index contributed by atoms with van der Waals surface area (Å²) in [4.78, 5) is 16.3. The molecule has 0 aliphatic heterocycles. The molecule has 2 nitrogen and oxygen atoms in total. The highest BCUT2D eigenvalue weighted by atomic mass is 79.9. The summed E-state index contributed by atoms with van der Waals surface area (Å²) in [6.45, 7) is 4.21. The Morgan fingerprint density at radius 2 is 2.00 bits per heavy atom. The van der Waals surface area contributed by atoms with E-state index >= 15 is 0 Å². The third kappa shape index (κ3) is 2.16. The van der Waals surface area contributed by atoms with Crippen molar-refractivity contribution in [1.29, 1.82) is 0 Å². The smallest absolute Gasteiger partial charge is 0.165 e. The van der Waals surface area contributed by atoms with E-state index in [2.05, 4.69) is 50.7 Å². The van der Waals surface area contributed by atoms with Crippen molar-refractivity contribution in [3.05, 3.63) is 26.4 Å². The predicted octanol–water partition coefficient (Wildman–Crippen LogP) is 3.76. The minimum atomic E-state index is 0.0321. The van der Waals surface area contributed by atoms with E-state index in [1.807, 2.05) is 6.07 Å².